The quantitative estimate of drug-likeness (QED) is 0.708. The maximum absolute atomic E-state index is 12.9. The molecule has 0 bridgehead atoms. The van der Waals surface area contributed by atoms with Gasteiger partial charge in [-0.05, 0) is 47.1 Å². The van der Waals surface area contributed by atoms with Gasteiger partial charge in [-0.25, -0.2) is 24.3 Å². The molecule has 1 heterocycles. The average molecular weight is 432 g/mol. The van der Waals surface area contributed by atoms with E-state index in [9.17, 15) is 19.5 Å². The Morgan fingerprint density at radius 3 is 2.10 bits per heavy atom. The van der Waals surface area contributed by atoms with Gasteiger partial charge in [0.2, 0.25) is 5.84 Å². The zero-order chi connectivity index (χ0) is 23.4. The topological polar surface area (TPSA) is 115 Å². The van der Waals surface area contributed by atoms with E-state index in [1.807, 2.05) is 18.2 Å². The first-order valence-corrected chi connectivity index (χ1v) is 9.71. The van der Waals surface area contributed by atoms with Crippen LogP contribution in [-0.4, -0.2) is 51.1 Å². The van der Waals surface area contributed by atoms with E-state index in [2.05, 4.69) is 4.99 Å². The van der Waals surface area contributed by atoms with Crippen molar-refractivity contribution in [2.75, 3.05) is 0 Å². The third-order valence-electron chi connectivity index (χ3n) is 3.72. The Morgan fingerprint density at radius 2 is 1.58 bits per heavy atom. The number of esters is 1. The van der Waals surface area contributed by atoms with E-state index in [1.54, 1.807) is 53.7 Å². The average Bonchev–Trinajstić information content (AvgIpc) is 2.63. The fourth-order valence-electron chi connectivity index (χ4n) is 2.57. The summed E-state index contributed by atoms with van der Waals surface area (Å²) < 4.78 is 16.3. The van der Waals surface area contributed by atoms with Crippen LogP contribution in [0.3, 0.4) is 0 Å². The first-order chi connectivity index (χ1) is 14.3. The van der Waals surface area contributed by atoms with Crippen LogP contribution in [0.15, 0.2) is 47.3 Å². The van der Waals surface area contributed by atoms with E-state index in [0.717, 1.165) is 11.8 Å². The lowest BCUT2D eigenvalue weighted by Crippen LogP contribution is -2.55. The molecular weight excluding hydrogens is 404 g/mol. The number of hydrogen-bond donors (Lipinski definition) is 1. The molecule has 1 aliphatic heterocycles. The van der Waals surface area contributed by atoms with Crippen LogP contribution < -0.4 is 0 Å². The van der Waals surface area contributed by atoms with Crippen molar-refractivity contribution in [3.05, 3.63) is 47.9 Å². The number of amidine groups is 1. The SMILES string of the molecule is CC(C)(C)OC(=O)C1=NC=C(OCc2ccccc2)[C@H](C(=O)O)N1C(=O)OC(C)(C)C. The second-order valence-electron chi connectivity index (χ2n) is 8.85. The van der Waals surface area contributed by atoms with Gasteiger partial charge in [-0.1, -0.05) is 30.3 Å². The van der Waals surface area contributed by atoms with Gasteiger partial charge in [-0.15, -0.1) is 0 Å². The summed E-state index contributed by atoms with van der Waals surface area (Å²) in [5, 5.41) is 9.88. The number of nitrogens with zero attached hydrogens (tertiary/aromatic N) is 2. The van der Waals surface area contributed by atoms with Crippen LogP contribution >= 0.6 is 0 Å². The van der Waals surface area contributed by atoms with E-state index in [1.165, 1.54) is 0 Å². The minimum Gasteiger partial charge on any atom is -0.489 e. The fourth-order valence-corrected chi connectivity index (χ4v) is 2.57. The zero-order valence-electron chi connectivity index (χ0n) is 18.5. The first-order valence-electron chi connectivity index (χ1n) is 9.71. The van der Waals surface area contributed by atoms with Crippen molar-refractivity contribution >= 4 is 23.9 Å². The van der Waals surface area contributed by atoms with E-state index >= 15 is 0 Å². The Bertz CT molecular complexity index is 893. The number of benzene rings is 1. The summed E-state index contributed by atoms with van der Waals surface area (Å²) in [7, 11) is 0. The Kier molecular flexibility index (Phi) is 7.09. The second-order valence-corrected chi connectivity index (χ2v) is 8.85. The van der Waals surface area contributed by atoms with Crippen LogP contribution in [0, 0.1) is 0 Å². The highest BCUT2D eigenvalue weighted by molar-refractivity contribution is 6.38. The molecule has 9 heteroatoms. The van der Waals surface area contributed by atoms with Crippen LogP contribution in [0.2, 0.25) is 0 Å². The molecule has 0 spiro atoms. The lowest BCUT2D eigenvalue weighted by atomic mass is 10.1. The Labute approximate surface area is 181 Å². The van der Waals surface area contributed by atoms with Gasteiger partial charge in [0, 0.05) is 0 Å². The molecule has 168 valence electrons. The lowest BCUT2D eigenvalue weighted by molar-refractivity contribution is -0.147. The second kappa shape index (κ2) is 9.20. The Balaban J connectivity index is 2.43. The van der Waals surface area contributed by atoms with Crippen LogP contribution in [-0.2, 0) is 30.4 Å². The normalized spacial score (nSPS) is 16.7. The van der Waals surface area contributed by atoms with Gasteiger partial charge in [0.25, 0.3) is 0 Å². The summed E-state index contributed by atoms with van der Waals surface area (Å²) in [6, 6.07) is 7.42. The fraction of sp³-hybridized carbons (Fsp3) is 0.455. The molecule has 0 aromatic heterocycles. The molecule has 0 saturated carbocycles. The van der Waals surface area contributed by atoms with Crippen molar-refractivity contribution in [1.29, 1.82) is 0 Å². The molecule has 1 aromatic carbocycles. The number of carboxylic acid groups (broad SMARTS) is 1. The van der Waals surface area contributed by atoms with Crippen molar-refractivity contribution in [1.82, 2.24) is 4.90 Å². The minimum atomic E-state index is -1.65. The molecule has 9 nitrogen and oxygen atoms in total. The summed E-state index contributed by atoms with van der Waals surface area (Å²) in [5.41, 5.74) is -1.03. The number of carbonyl (C=O) groups excluding carboxylic acids is 2. The number of aliphatic imine (C=N–C) groups is 1. The standard InChI is InChI=1S/C22H28N2O7/c1-21(2,3)30-19(27)17-23-12-15(29-13-14-10-8-7-9-11-14)16(18(25)26)24(17)20(28)31-22(4,5)6/h7-12,16H,13H2,1-6H3,(H,25,26)/t16-/m1/s1. The van der Waals surface area contributed by atoms with Gasteiger partial charge in [0.05, 0.1) is 6.20 Å². The zero-order valence-corrected chi connectivity index (χ0v) is 18.5. The summed E-state index contributed by atoms with van der Waals surface area (Å²) in [5.74, 6) is -2.98. The molecule has 1 N–H and O–H groups in total. The number of aliphatic carboxylic acids is 1. The van der Waals surface area contributed by atoms with Gasteiger partial charge < -0.3 is 19.3 Å². The van der Waals surface area contributed by atoms with Crippen molar-refractivity contribution < 1.29 is 33.7 Å². The number of rotatable bonds is 5. The van der Waals surface area contributed by atoms with Crippen molar-refractivity contribution in [3.8, 4) is 0 Å². The first kappa shape index (κ1) is 23.9. The van der Waals surface area contributed by atoms with Gasteiger partial charge in [0.15, 0.2) is 6.04 Å². The number of carbonyl (C=O) groups is 3. The molecular formula is C22H28N2O7. The van der Waals surface area contributed by atoms with Gasteiger partial charge >= 0.3 is 18.0 Å². The van der Waals surface area contributed by atoms with Gasteiger partial charge in [0.1, 0.15) is 23.6 Å². The molecule has 0 radical (unpaired) electrons. The maximum atomic E-state index is 12.9. The highest BCUT2D eigenvalue weighted by Crippen LogP contribution is 2.24. The number of hydrogen-bond acceptors (Lipinski definition) is 7. The minimum absolute atomic E-state index is 0.0515. The van der Waals surface area contributed by atoms with E-state index in [0.29, 0.717) is 4.90 Å². The highest BCUT2D eigenvalue weighted by Gasteiger charge is 2.45. The number of amides is 1. The molecule has 31 heavy (non-hydrogen) atoms. The Morgan fingerprint density at radius 1 is 1.00 bits per heavy atom. The molecule has 2 rings (SSSR count). The maximum Gasteiger partial charge on any atom is 0.417 e. The van der Waals surface area contributed by atoms with E-state index in [-0.39, 0.29) is 12.4 Å². The molecule has 1 aliphatic rings. The van der Waals surface area contributed by atoms with Crippen molar-refractivity contribution in [3.63, 3.8) is 0 Å². The smallest absolute Gasteiger partial charge is 0.417 e. The molecule has 1 aromatic rings. The molecule has 0 fully saturated rings. The molecule has 1 amide bonds. The molecule has 1 atom stereocenters. The molecule has 0 saturated heterocycles. The predicted molar refractivity (Wildman–Crippen MR) is 112 cm³/mol. The third kappa shape index (κ3) is 6.84. The van der Waals surface area contributed by atoms with Crippen LogP contribution in [0.4, 0.5) is 4.79 Å². The largest absolute Gasteiger partial charge is 0.489 e. The monoisotopic (exact) mass is 432 g/mol. The van der Waals surface area contributed by atoms with Crippen LogP contribution in [0.1, 0.15) is 47.1 Å². The predicted octanol–water partition coefficient (Wildman–Crippen LogP) is 3.49. The van der Waals surface area contributed by atoms with E-state index in [4.69, 9.17) is 14.2 Å². The van der Waals surface area contributed by atoms with Crippen molar-refractivity contribution in [2.24, 2.45) is 4.99 Å². The van der Waals surface area contributed by atoms with Gasteiger partial charge in [-0.2, -0.15) is 0 Å². The molecule has 0 aliphatic carbocycles. The summed E-state index contributed by atoms with van der Waals surface area (Å²) >= 11 is 0. The van der Waals surface area contributed by atoms with Crippen LogP contribution in [0.25, 0.3) is 0 Å². The van der Waals surface area contributed by atoms with E-state index < -0.39 is 41.1 Å². The lowest BCUT2D eigenvalue weighted by Gasteiger charge is -2.34. The Hall–Kier alpha value is -3.36. The number of ether oxygens (including phenoxy) is 3. The summed E-state index contributed by atoms with van der Waals surface area (Å²) in [6.07, 6.45) is 0.0559. The molecule has 0 unspecified atom stereocenters. The summed E-state index contributed by atoms with van der Waals surface area (Å²) in [4.78, 5) is 42.4. The summed E-state index contributed by atoms with van der Waals surface area (Å²) in [6.45, 7) is 9.85. The highest BCUT2D eigenvalue weighted by atomic mass is 16.6. The number of carboxylic acids is 1. The third-order valence-corrected chi connectivity index (χ3v) is 3.72. The van der Waals surface area contributed by atoms with Crippen molar-refractivity contribution in [2.45, 2.75) is 65.4 Å². The van der Waals surface area contributed by atoms with Gasteiger partial charge in [-0.3, -0.25) is 0 Å². The van der Waals surface area contributed by atoms with Crippen LogP contribution in [0.5, 0.6) is 0 Å².